The van der Waals surface area contributed by atoms with Crippen molar-refractivity contribution in [1.29, 1.82) is 0 Å². The zero-order valence-electron chi connectivity index (χ0n) is 20.9. The predicted octanol–water partition coefficient (Wildman–Crippen LogP) is 5.63. The number of nitrogens with zero attached hydrogens (tertiary/aromatic N) is 4. The van der Waals surface area contributed by atoms with Crippen molar-refractivity contribution in [3.05, 3.63) is 66.6 Å². The molecule has 0 unspecified atom stereocenters. The second-order valence-corrected chi connectivity index (χ2v) is 10.2. The second-order valence-electron chi connectivity index (χ2n) is 10.2. The number of benzene rings is 1. The van der Waals surface area contributed by atoms with E-state index in [0.717, 1.165) is 52.2 Å². The number of halogens is 2. The first-order valence-corrected chi connectivity index (χ1v) is 13.1. The number of carbonyl (C=O) groups excluding carboxylic acids is 1. The normalized spacial score (nSPS) is 21.2. The number of carbonyl (C=O) groups is 1. The summed E-state index contributed by atoms with van der Waals surface area (Å²) in [4.78, 5) is 31.0. The Kier molecular flexibility index (Phi) is 6.61. The predicted molar refractivity (Wildman–Crippen MR) is 139 cm³/mol. The van der Waals surface area contributed by atoms with Crippen molar-refractivity contribution < 1.29 is 18.3 Å². The van der Waals surface area contributed by atoms with E-state index in [1.165, 1.54) is 4.90 Å². The van der Waals surface area contributed by atoms with E-state index in [1.807, 2.05) is 48.5 Å². The number of fused-ring (bicyclic) bond motifs is 1. The molecule has 6 rings (SSSR count). The lowest BCUT2D eigenvalue weighted by atomic mass is 9.86. The topological polar surface area (TPSA) is 84.0 Å². The van der Waals surface area contributed by atoms with Crippen LogP contribution in [0.25, 0.3) is 33.7 Å². The molecule has 196 valence electrons. The van der Waals surface area contributed by atoms with E-state index < -0.39 is 12.5 Å². The van der Waals surface area contributed by atoms with Gasteiger partial charge in [-0.05, 0) is 62.1 Å². The molecule has 2 aliphatic rings. The fourth-order valence-electron chi connectivity index (χ4n) is 5.32. The number of alkyl halides is 2. The molecule has 2 fully saturated rings. The van der Waals surface area contributed by atoms with Gasteiger partial charge in [0.2, 0.25) is 5.91 Å². The highest BCUT2D eigenvalue weighted by molar-refractivity contribution is 5.80. The number of hydrogen-bond acceptors (Lipinski definition) is 5. The summed E-state index contributed by atoms with van der Waals surface area (Å²) in [6.07, 6.45) is 6.27. The number of aromatic nitrogens is 4. The van der Waals surface area contributed by atoms with Gasteiger partial charge < -0.3 is 14.6 Å². The van der Waals surface area contributed by atoms with Crippen LogP contribution in [0.2, 0.25) is 0 Å². The third kappa shape index (κ3) is 5.29. The first-order chi connectivity index (χ1) is 18.4. The summed E-state index contributed by atoms with van der Waals surface area (Å²) in [6, 6.07) is 15.8. The highest BCUT2D eigenvalue weighted by Gasteiger charge is 2.42. The van der Waals surface area contributed by atoms with Crippen LogP contribution in [0.4, 0.5) is 8.78 Å². The number of hydrogen-bond donors (Lipinski definition) is 1. The van der Waals surface area contributed by atoms with Gasteiger partial charge in [-0.1, -0.05) is 12.1 Å². The lowest BCUT2D eigenvalue weighted by Gasteiger charge is -2.30. The smallest absolute Gasteiger partial charge is 0.267 e. The van der Waals surface area contributed by atoms with Gasteiger partial charge in [-0.25, -0.2) is 13.8 Å². The largest absolute Gasteiger partial charge is 0.372 e. The number of likely N-dealkylation sites (tertiary alicyclic amines) is 1. The van der Waals surface area contributed by atoms with Crippen LogP contribution < -0.4 is 0 Å². The molecule has 1 aliphatic heterocycles. The SMILES string of the molecule is O=C(C1CCC(OCc2ccc(-c3ccc(-c4nc5ccccc5[nH]4)cn3)cn2)CC1)N1CCC(F)(F)C1. The van der Waals surface area contributed by atoms with E-state index in [9.17, 15) is 13.6 Å². The van der Waals surface area contributed by atoms with Crippen molar-refractivity contribution in [1.82, 2.24) is 24.8 Å². The minimum absolute atomic E-state index is 0.0491. The van der Waals surface area contributed by atoms with E-state index in [-0.39, 0.29) is 30.9 Å². The molecular formula is C29H29F2N5O2. The number of aromatic amines is 1. The van der Waals surface area contributed by atoms with E-state index in [2.05, 4.69) is 19.9 Å². The van der Waals surface area contributed by atoms with Crippen molar-refractivity contribution in [2.24, 2.45) is 5.92 Å². The lowest BCUT2D eigenvalue weighted by Crippen LogP contribution is -2.38. The first kappa shape index (κ1) is 24.6. The molecule has 0 atom stereocenters. The minimum atomic E-state index is -2.74. The molecule has 1 aromatic carbocycles. The lowest BCUT2D eigenvalue weighted by molar-refractivity contribution is -0.138. The zero-order valence-corrected chi connectivity index (χ0v) is 20.9. The molecule has 0 bridgehead atoms. The maximum atomic E-state index is 13.5. The van der Waals surface area contributed by atoms with Crippen molar-refractivity contribution in [2.45, 2.75) is 50.7 Å². The zero-order chi connectivity index (χ0) is 26.1. The number of H-pyrrole nitrogens is 1. The Morgan fingerprint density at radius 1 is 1.00 bits per heavy atom. The quantitative estimate of drug-likeness (QED) is 0.358. The molecule has 4 aromatic rings. The second kappa shape index (κ2) is 10.2. The average molecular weight is 518 g/mol. The van der Waals surface area contributed by atoms with Crippen LogP contribution in [0.5, 0.6) is 0 Å². The maximum Gasteiger partial charge on any atom is 0.267 e. The van der Waals surface area contributed by atoms with Crippen LogP contribution in [0.1, 0.15) is 37.8 Å². The van der Waals surface area contributed by atoms with Gasteiger partial charge in [0.05, 0.1) is 41.7 Å². The molecule has 3 aromatic heterocycles. The van der Waals surface area contributed by atoms with E-state index in [0.29, 0.717) is 19.4 Å². The summed E-state index contributed by atoms with van der Waals surface area (Å²) in [7, 11) is 0. The molecule has 38 heavy (non-hydrogen) atoms. The molecule has 9 heteroatoms. The van der Waals surface area contributed by atoms with Crippen molar-refractivity contribution in [3.8, 4) is 22.6 Å². The van der Waals surface area contributed by atoms with Gasteiger partial charge in [0.25, 0.3) is 5.92 Å². The molecule has 1 aliphatic carbocycles. The number of amides is 1. The summed E-state index contributed by atoms with van der Waals surface area (Å²) >= 11 is 0. The van der Waals surface area contributed by atoms with Gasteiger partial charge in [-0.3, -0.25) is 14.8 Å². The summed E-state index contributed by atoms with van der Waals surface area (Å²) in [5.41, 5.74) is 5.39. The van der Waals surface area contributed by atoms with Crippen LogP contribution in [0.15, 0.2) is 60.9 Å². The monoisotopic (exact) mass is 517 g/mol. The Morgan fingerprint density at radius 3 is 2.47 bits per heavy atom. The number of rotatable bonds is 6. The summed E-state index contributed by atoms with van der Waals surface area (Å²) in [5, 5.41) is 0. The van der Waals surface area contributed by atoms with Gasteiger partial charge in [0.15, 0.2) is 0 Å². The van der Waals surface area contributed by atoms with Gasteiger partial charge in [-0.2, -0.15) is 0 Å². The third-order valence-corrected chi connectivity index (χ3v) is 7.52. The average Bonchev–Trinajstić information content (AvgIpc) is 3.55. The molecule has 7 nitrogen and oxygen atoms in total. The molecule has 0 radical (unpaired) electrons. The molecular weight excluding hydrogens is 488 g/mol. The fourth-order valence-corrected chi connectivity index (χ4v) is 5.32. The van der Waals surface area contributed by atoms with Crippen LogP contribution >= 0.6 is 0 Å². The third-order valence-electron chi connectivity index (χ3n) is 7.52. The van der Waals surface area contributed by atoms with Crippen molar-refractivity contribution >= 4 is 16.9 Å². The summed E-state index contributed by atoms with van der Waals surface area (Å²) < 4.78 is 33.0. The Balaban J connectivity index is 0.997. The van der Waals surface area contributed by atoms with Gasteiger partial charge in [0, 0.05) is 42.4 Å². The van der Waals surface area contributed by atoms with Crippen LogP contribution in [0.3, 0.4) is 0 Å². The first-order valence-electron chi connectivity index (χ1n) is 13.1. The number of pyridine rings is 2. The van der Waals surface area contributed by atoms with Gasteiger partial charge >= 0.3 is 0 Å². The molecule has 1 N–H and O–H groups in total. The van der Waals surface area contributed by atoms with Gasteiger partial charge in [-0.15, -0.1) is 0 Å². The van der Waals surface area contributed by atoms with Crippen LogP contribution in [-0.2, 0) is 16.1 Å². The number of para-hydroxylation sites is 2. The molecule has 1 amide bonds. The Labute approximate surface area is 219 Å². The fraction of sp³-hybridized carbons (Fsp3) is 0.379. The van der Waals surface area contributed by atoms with Crippen LogP contribution in [0, 0.1) is 5.92 Å². The Morgan fingerprint density at radius 2 is 1.79 bits per heavy atom. The highest BCUT2D eigenvalue weighted by Crippen LogP contribution is 2.33. The molecule has 1 saturated heterocycles. The summed E-state index contributed by atoms with van der Waals surface area (Å²) in [6.45, 7) is 0.107. The maximum absolute atomic E-state index is 13.5. The van der Waals surface area contributed by atoms with E-state index in [1.54, 1.807) is 12.4 Å². The van der Waals surface area contributed by atoms with Gasteiger partial charge in [0.1, 0.15) is 5.82 Å². The molecule has 0 spiro atoms. The minimum Gasteiger partial charge on any atom is -0.372 e. The standard InChI is InChI=1S/C29H29F2N5O2/c30-29(31)13-14-36(18-29)28(37)19-6-10-23(11-7-19)38-17-22-9-5-20(15-32-22)24-12-8-21(16-33-24)27-34-25-3-1-2-4-26(25)35-27/h1-5,8-9,12,15-16,19,23H,6-7,10-11,13-14,17-18H2,(H,34,35). The number of nitrogens with one attached hydrogen (secondary N) is 1. The number of imidazole rings is 1. The van der Waals surface area contributed by atoms with E-state index >= 15 is 0 Å². The Bertz CT molecular complexity index is 1380. The highest BCUT2D eigenvalue weighted by atomic mass is 19.3. The molecule has 1 saturated carbocycles. The van der Waals surface area contributed by atoms with Crippen LogP contribution in [-0.4, -0.2) is 55.9 Å². The van der Waals surface area contributed by atoms with Crippen molar-refractivity contribution in [3.63, 3.8) is 0 Å². The number of ether oxygens (including phenoxy) is 1. The molecule has 4 heterocycles. The Hall–Kier alpha value is -3.72. The summed E-state index contributed by atoms with van der Waals surface area (Å²) in [5.74, 6) is -2.26. The van der Waals surface area contributed by atoms with E-state index in [4.69, 9.17) is 4.74 Å². The van der Waals surface area contributed by atoms with Crippen molar-refractivity contribution in [2.75, 3.05) is 13.1 Å².